The summed E-state index contributed by atoms with van der Waals surface area (Å²) in [5.41, 5.74) is 3.73. The first-order valence-electron chi connectivity index (χ1n) is 6.07. The van der Waals surface area contributed by atoms with Gasteiger partial charge in [-0.05, 0) is 12.1 Å². The van der Waals surface area contributed by atoms with Gasteiger partial charge < -0.3 is 14.2 Å². The lowest BCUT2D eigenvalue weighted by Gasteiger charge is -2.25. The summed E-state index contributed by atoms with van der Waals surface area (Å²) in [6, 6.07) is 5.61. The molecule has 1 atom stereocenters. The third-order valence-electron chi connectivity index (χ3n) is 3.09. The van der Waals surface area contributed by atoms with Crippen LogP contribution in [0.25, 0.3) is 0 Å². The van der Waals surface area contributed by atoms with Crippen LogP contribution in [-0.2, 0) is 4.74 Å². The second-order valence-corrected chi connectivity index (χ2v) is 4.21. The number of para-hydroxylation sites is 1. The Labute approximate surface area is 105 Å². The standard InChI is InChI=1S/C13H16N2O3/c14-15-12(10-5-2-6-16-10)9-3-1-4-11-13(9)18-8-7-17-11/h1,3-5,12,15H,2,6-8,14H2. The maximum Gasteiger partial charge on any atom is 0.166 e. The molecule has 96 valence electrons. The number of hydrogen-bond acceptors (Lipinski definition) is 5. The minimum absolute atomic E-state index is 0.191. The Morgan fingerprint density at radius 1 is 1.11 bits per heavy atom. The molecule has 5 heteroatoms. The van der Waals surface area contributed by atoms with Crippen LogP contribution in [0.3, 0.4) is 0 Å². The number of hydrazine groups is 1. The zero-order valence-electron chi connectivity index (χ0n) is 10.0. The lowest BCUT2D eigenvalue weighted by Crippen LogP contribution is -2.30. The molecule has 1 aromatic rings. The summed E-state index contributed by atoms with van der Waals surface area (Å²) in [4.78, 5) is 0. The second kappa shape index (κ2) is 4.88. The van der Waals surface area contributed by atoms with Gasteiger partial charge in [-0.25, -0.2) is 5.43 Å². The topological polar surface area (TPSA) is 65.7 Å². The largest absolute Gasteiger partial charge is 0.496 e. The number of benzene rings is 1. The fourth-order valence-corrected chi connectivity index (χ4v) is 2.29. The highest BCUT2D eigenvalue weighted by Gasteiger charge is 2.26. The summed E-state index contributed by atoms with van der Waals surface area (Å²) < 4.78 is 16.8. The van der Waals surface area contributed by atoms with E-state index in [-0.39, 0.29) is 6.04 Å². The molecule has 2 heterocycles. The Balaban J connectivity index is 1.99. The van der Waals surface area contributed by atoms with Crippen molar-refractivity contribution in [3.05, 3.63) is 35.6 Å². The van der Waals surface area contributed by atoms with Crippen molar-refractivity contribution in [3.8, 4) is 11.5 Å². The van der Waals surface area contributed by atoms with E-state index in [1.165, 1.54) is 0 Å². The molecule has 3 N–H and O–H groups in total. The number of fused-ring (bicyclic) bond motifs is 1. The highest BCUT2D eigenvalue weighted by molar-refractivity contribution is 5.50. The summed E-state index contributed by atoms with van der Waals surface area (Å²) in [6.45, 7) is 1.84. The third-order valence-corrected chi connectivity index (χ3v) is 3.09. The van der Waals surface area contributed by atoms with Crippen molar-refractivity contribution in [1.82, 2.24) is 5.43 Å². The molecule has 0 spiro atoms. The van der Waals surface area contributed by atoms with Crippen LogP contribution in [-0.4, -0.2) is 19.8 Å². The molecule has 1 unspecified atom stereocenters. The summed E-state index contributed by atoms with van der Waals surface area (Å²) in [5.74, 6) is 8.01. The summed E-state index contributed by atoms with van der Waals surface area (Å²) >= 11 is 0. The zero-order valence-corrected chi connectivity index (χ0v) is 10.0. The summed E-state index contributed by atoms with van der Waals surface area (Å²) in [7, 11) is 0. The highest BCUT2D eigenvalue weighted by Crippen LogP contribution is 2.39. The molecule has 1 aromatic carbocycles. The van der Waals surface area contributed by atoms with E-state index in [2.05, 4.69) is 5.43 Å². The van der Waals surface area contributed by atoms with Gasteiger partial charge in [0.25, 0.3) is 0 Å². The summed E-state index contributed by atoms with van der Waals surface area (Å²) in [6.07, 6.45) is 2.97. The minimum atomic E-state index is -0.191. The van der Waals surface area contributed by atoms with E-state index in [1.807, 2.05) is 24.3 Å². The smallest absolute Gasteiger partial charge is 0.166 e. The number of nitrogens with two attached hydrogens (primary N) is 1. The number of hydrogen-bond donors (Lipinski definition) is 2. The van der Waals surface area contributed by atoms with Gasteiger partial charge in [0.1, 0.15) is 25.0 Å². The molecular weight excluding hydrogens is 232 g/mol. The monoisotopic (exact) mass is 248 g/mol. The van der Waals surface area contributed by atoms with Crippen molar-refractivity contribution in [2.75, 3.05) is 19.8 Å². The second-order valence-electron chi connectivity index (χ2n) is 4.21. The fraction of sp³-hybridized carbons (Fsp3) is 0.385. The quantitative estimate of drug-likeness (QED) is 0.623. The molecule has 18 heavy (non-hydrogen) atoms. The van der Waals surface area contributed by atoms with Gasteiger partial charge in [-0.2, -0.15) is 0 Å². The van der Waals surface area contributed by atoms with E-state index in [0.29, 0.717) is 19.8 Å². The van der Waals surface area contributed by atoms with E-state index >= 15 is 0 Å². The van der Waals surface area contributed by atoms with Gasteiger partial charge in [0.05, 0.1) is 6.61 Å². The van der Waals surface area contributed by atoms with Crippen molar-refractivity contribution in [3.63, 3.8) is 0 Å². The number of ether oxygens (including phenoxy) is 3. The first kappa shape index (κ1) is 11.4. The van der Waals surface area contributed by atoms with E-state index in [1.54, 1.807) is 0 Å². The Morgan fingerprint density at radius 2 is 2.00 bits per heavy atom. The van der Waals surface area contributed by atoms with Gasteiger partial charge in [0.2, 0.25) is 0 Å². The Bertz CT molecular complexity index is 473. The Kier molecular flexibility index (Phi) is 3.08. The van der Waals surface area contributed by atoms with Gasteiger partial charge in [-0.3, -0.25) is 5.84 Å². The molecule has 0 bridgehead atoms. The van der Waals surface area contributed by atoms with E-state index in [0.717, 1.165) is 29.2 Å². The molecule has 0 amide bonds. The van der Waals surface area contributed by atoms with E-state index in [9.17, 15) is 0 Å². The molecule has 0 radical (unpaired) electrons. The van der Waals surface area contributed by atoms with Crippen LogP contribution in [0.1, 0.15) is 18.0 Å². The average molecular weight is 248 g/mol. The van der Waals surface area contributed by atoms with Crippen LogP contribution in [0.4, 0.5) is 0 Å². The lowest BCUT2D eigenvalue weighted by atomic mass is 10.0. The Hall–Kier alpha value is -1.72. The van der Waals surface area contributed by atoms with Crippen LogP contribution in [0.15, 0.2) is 30.0 Å². The van der Waals surface area contributed by atoms with Crippen molar-refractivity contribution in [2.45, 2.75) is 12.5 Å². The normalized spacial score (nSPS) is 19.1. The maximum atomic E-state index is 5.69. The molecule has 2 aliphatic heterocycles. The number of rotatable bonds is 3. The van der Waals surface area contributed by atoms with E-state index < -0.39 is 0 Å². The molecule has 0 saturated carbocycles. The molecule has 0 aliphatic carbocycles. The average Bonchev–Trinajstić information content (AvgIpc) is 2.94. The van der Waals surface area contributed by atoms with Crippen LogP contribution < -0.4 is 20.7 Å². The molecule has 0 aromatic heterocycles. The van der Waals surface area contributed by atoms with Gasteiger partial charge in [0, 0.05) is 12.0 Å². The van der Waals surface area contributed by atoms with Crippen LogP contribution >= 0.6 is 0 Å². The molecule has 3 rings (SSSR count). The van der Waals surface area contributed by atoms with Crippen LogP contribution in [0, 0.1) is 0 Å². The summed E-state index contributed by atoms with van der Waals surface area (Å²) in [5, 5.41) is 0. The lowest BCUT2D eigenvalue weighted by molar-refractivity contribution is 0.166. The van der Waals surface area contributed by atoms with Crippen molar-refractivity contribution in [2.24, 2.45) is 5.84 Å². The Morgan fingerprint density at radius 3 is 2.78 bits per heavy atom. The van der Waals surface area contributed by atoms with Crippen molar-refractivity contribution < 1.29 is 14.2 Å². The van der Waals surface area contributed by atoms with Gasteiger partial charge in [-0.15, -0.1) is 0 Å². The minimum Gasteiger partial charge on any atom is -0.496 e. The van der Waals surface area contributed by atoms with Crippen LogP contribution in [0.5, 0.6) is 11.5 Å². The first-order valence-corrected chi connectivity index (χ1v) is 6.07. The SMILES string of the molecule is NNC(C1=CCCO1)c1cccc2c1OCCO2. The zero-order chi connectivity index (χ0) is 12.4. The highest BCUT2D eigenvalue weighted by atomic mass is 16.6. The van der Waals surface area contributed by atoms with Gasteiger partial charge in [-0.1, -0.05) is 12.1 Å². The van der Waals surface area contributed by atoms with Crippen molar-refractivity contribution >= 4 is 0 Å². The maximum absolute atomic E-state index is 5.69. The van der Waals surface area contributed by atoms with Gasteiger partial charge >= 0.3 is 0 Å². The fourth-order valence-electron chi connectivity index (χ4n) is 2.29. The molecule has 0 saturated heterocycles. The molecule has 2 aliphatic rings. The first-order chi connectivity index (χ1) is 8.90. The van der Waals surface area contributed by atoms with E-state index in [4.69, 9.17) is 20.1 Å². The molecule has 0 fully saturated rings. The predicted octanol–water partition coefficient (Wildman–Crippen LogP) is 1.27. The predicted molar refractivity (Wildman–Crippen MR) is 66.1 cm³/mol. The van der Waals surface area contributed by atoms with Crippen LogP contribution in [0.2, 0.25) is 0 Å². The third kappa shape index (κ3) is 1.91. The number of nitrogens with one attached hydrogen (secondary N) is 1. The molecular formula is C13H16N2O3. The van der Waals surface area contributed by atoms with Gasteiger partial charge in [0.15, 0.2) is 11.5 Å². The van der Waals surface area contributed by atoms with Crippen molar-refractivity contribution in [1.29, 1.82) is 0 Å². The molecule has 5 nitrogen and oxygen atoms in total.